The van der Waals surface area contributed by atoms with Gasteiger partial charge in [-0.2, -0.15) is 0 Å². The predicted molar refractivity (Wildman–Crippen MR) is 243 cm³/mol. The van der Waals surface area contributed by atoms with Gasteiger partial charge in [0.15, 0.2) is 18.7 Å². The van der Waals surface area contributed by atoms with Crippen LogP contribution in [0.3, 0.4) is 0 Å². The maximum Gasteiger partial charge on any atom is 0.306 e. The monoisotopic (exact) mass is 913 g/mol. The van der Waals surface area contributed by atoms with Crippen molar-refractivity contribution in [3.63, 3.8) is 0 Å². The average molecular weight is 913 g/mol. The molecule has 4 unspecified atom stereocenters. The number of allylic oxidation sites excluding steroid dienone is 8. The molecule has 15 nitrogen and oxygen atoms in total. The normalized spacial score (nSPS) is 27.0. The highest BCUT2D eigenvalue weighted by molar-refractivity contribution is 5.70. The summed E-state index contributed by atoms with van der Waals surface area (Å²) in [4.78, 5) is 25.5. The molecule has 64 heavy (non-hydrogen) atoms. The smallest absolute Gasteiger partial charge is 0.306 e. The maximum absolute atomic E-state index is 12.8. The molecule has 0 saturated carbocycles. The van der Waals surface area contributed by atoms with E-state index in [9.17, 15) is 45.3 Å². The summed E-state index contributed by atoms with van der Waals surface area (Å²) in [5.41, 5.74) is 0. The molecule has 2 rings (SSSR count). The van der Waals surface area contributed by atoms with E-state index in [1.54, 1.807) is 0 Å². The van der Waals surface area contributed by atoms with Crippen LogP contribution in [0.1, 0.15) is 155 Å². The molecule has 0 radical (unpaired) electrons. The molecule has 2 aliphatic heterocycles. The van der Waals surface area contributed by atoms with Crippen molar-refractivity contribution in [2.75, 3.05) is 26.4 Å². The van der Waals surface area contributed by atoms with Gasteiger partial charge in [-0.3, -0.25) is 9.59 Å². The molecule has 0 spiro atoms. The van der Waals surface area contributed by atoms with Gasteiger partial charge in [0.25, 0.3) is 0 Å². The zero-order valence-electron chi connectivity index (χ0n) is 38.8. The second-order valence-corrected chi connectivity index (χ2v) is 16.9. The summed E-state index contributed by atoms with van der Waals surface area (Å²) in [5.74, 6) is -1.000. The van der Waals surface area contributed by atoms with Gasteiger partial charge in [-0.05, 0) is 51.4 Å². The highest BCUT2D eigenvalue weighted by Gasteiger charge is 2.47. The van der Waals surface area contributed by atoms with Gasteiger partial charge >= 0.3 is 11.9 Å². The van der Waals surface area contributed by atoms with Crippen LogP contribution in [0.2, 0.25) is 0 Å². The number of ether oxygens (including phenoxy) is 6. The number of aliphatic hydroxyl groups excluding tert-OH is 7. The van der Waals surface area contributed by atoms with Crippen LogP contribution in [-0.2, 0) is 38.0 Å². The number of aliphatic hydroxyl groups is 7. The van der Waals surface area contributed by atoms with E-state index in [0.717, 1.165) is 57.8 Å². The quantitative estimate of drug-likeness (QED) is 0.0220. The Kier molecular flexibility index (Phi) is 32.9. The van der Waals surface area contributed by atoms with E-state index in [1.807, 2.05) is 6.08 Å². The summed E-state index contributed by atoms with van der Waals surface area (Å²) in [6.07, 6.45) is 22.0. The Balaban J connectivity index is 1.79. The van der Waals surface area contributed by atoms with Gasteiger partial charge in [0.1, 0.15) is 55.4 Å². The summed E-state index contributed by atoms with van der Waals surface area (Å²) in [6, 6.07) is 0. The Hall–Kier alpha value is -2.54. The van der Waals surface area contributed by atoms with E-state index in [1.165, 1.54) is 51.4 Å². The van der Waals surface area contributed by atoms with Crippen molar-refractivity contribution < 1.29 is 73.8 Å². The van der Waals surface area contributed by atoms with Gasteiger partial charge in [0.05, 0.1) is 19.8 Å². The van der Waals surface area contributed by atoms with Crippen LogP contribution in [0, 0.1) is 0 Å². The van der Waals surface area contributed by atoms with Gasteiger partial charge in [0, 0.05) is 12.8 Å². The molecule has 2 aliphatic rings. The van der Waals surface area contributed by atoms with Crippen molar-refractivity contribution in [3.05, 3.63) is 48.6 Å². The summed E-state index contributed by atoms with van der Waals surface area (Å²) >= 11 is 0. The topological polar surface area (TPSA) is 231 Å². The average Bonchev–Trinajstić information content (AvgIpc) is 3.29. The molecule has 11 atom stereocenters. The first kappa shape index (κ1) is 57.6. The lowest BCUT2D eigenvalue weighted by molar-refractivity contribution is -0.332. The minimum absolute atomic E-state index is 0.142. The zero-order chi connectivity index (χ0) is 46.8. The highest BCUT2D eigenvalue weighted by atomic mass is 16.7. The van der Waals surface area contributed by atoms with E-state index in [-0.39, 0.29) is 19.4 Å². The van der Waals surface area contributed by atoms with Crippen molar-refractivity contribution in [2.24, 2.45) is 0 Å². The minimum atomic E-state index is -1.77. The molecule has 2 fully saturated rings. The number of unbranched alkanes of at least 4 members (excludes halogenated alkanes) is 14. The summed E-state index contributed by atoms with van der Waals surface area (Å²) in [6.45, 7) is 2.45. The number of esters is 2. The van der Waals surface area contributed by atoms with E-state index in [2.05, 4.69) is 56.4 Å². The first-order chi connectivity index (χ1) is 31.0. The highest BCUT2D eigenvalue weighted by Crippen LogP contribution is 2.26. The number of hydrogen-bond donors (Lipinski definition) is 7. The summed E-state index contributed by atoms with van der Waals surface area (Å²) in [7, 11) is 0. The Morgan fingerprint density at radius 3 is 1.52 bits per heavy atom. The Morgan fingerprint density at radius 2 is 0.953 bits per heavy atom. The lowest BCUT2D eigenvalue weighted by atomic mass is 9.98. The van der Waals surface area contributed by atoms with Crippen molar-refractivity contribution in [3.8, 4) is 0 Å². The van der Waals surface area contributed by atoms with Crippen molar-refractivity contribution in [2.45, 2.75) is 223 Å². The predicted octanol–water partition coefficient (Wildman–Crippen LogP) is 5.93. The maximum atomic E-state index is 12.8. The third-order valence-corrected chi connectivity index (χ3v) is 11.3. The molecule has 7 N–H and O–H groups in total. The van der Waals surface area contributed by atoms with Crippen LogP contribution in [0.15, 0.2) is 48.6 Å². The molecule has 0 amide bonds. The minimum Gasteiger partial charge on any atom is -0.462 e. The molecular weight excluding hydrogens is 829 g/mol. The van der Waals surface area contributed by atoms with Crippen LogP contribution in [0.5, 0.6) is 0 Å². The van der Waals surface area contributed by atoms with E-state index >= 15 is 0 Å². The van der Waals surface area contributed by atoms with Gasteiger partial charge in [0.2, 0.25) is 0 Å². The third-order valence-electron chi connectivity index (χ3n) is 11.3. The van der Waals surface area contributed by atoms with Gasteiger partial charge in [-0.1, -0.05) is 140 Å². The molecule has 370 valence electrons. The fourth-order valence-electron chi connectivity index (χ4n) is 7.27. The molecule has 0 aromatic rings. The lowest BCUT2D eigenvalue weighted by Gasteiger charge is -2.42. The SMILES string of the molecule is CCCCCCCCC/C=C/C/C=C/C/C=C/C/C=C/CCCC(=O)OC[C@@H](CO[C@@H]1O[C@H](CO[C@@H]2O[C@H](CO)[C@H](O)C(O)C2O)[C@H](O)C(O)C1O)OC(=O)CCCCCCCCC. The van der Waals surface area contributed by atoms with Crippen LogP contribution in [-0.4, -0.2) is 142 Å². The van der Waals surface area contributed by atoms with E-state index in [0.29, 0.717) is 19.3 Å². The molecule has 0 aromatic heterocycles. The largest absolute Gasteiger partial charge is 0.462 e. The van der Waals surface area contributed by atoms with Crippen molar-refractivity contribution >= 4 is 11.9 Å². The summed E-state index contributed by atoms with van der Waals surface area (Å²) < 4.78 is 33.3. The van der Waals surface area contributed by atoms with E-state index < -0.39 is 99.3 Å². The second-order valence-electron chi connectivity index (χ2n) is 16.9. The summed E-state index contributed by atoms with van der Waals surface area (Å²) in [5, 5.41) is 71.8. The van der Waals surface area contributed by atoms with E-state index in [4.69, 9.17) is 28.4 Å². The molecule has 0 aliphatic carbocycles. The zero-order valence-corrected chi connectivity index (χ0v) is 38.8. The fourth-order valence-corrected chi connectivity index (χ4v) is 7.27. The molecule has 0 bridgehead atoms. The molecule has 15 heteroatoms. The van der Waals surface area contributed by atoms with Crippen LogP contribution < -0.4 is 0 Å². The lowest BCUT2D eigenvalue weighted by Crippen LogP contribution is -2.61. The second kappa shape index (κ2) is 36.6. The van der Waals surface area contributed by atoms with Crippen LogP contribution in [0.4, 0.5) is 0 Å². The van der Waals surface area contributed by atoms with Gasteiger partial charge < -0.3 is 64.2 Å². The Bertz CT molecular complexity index is 1300. The van der Waals surface area contributed by atoms with Gasteiger partial charge in [-0.15, -0.1) is 0 Å². The Morgan fingerprint density at radius 1 is 0.500 bits per heavy atom. The number of hydrogen-bond acceptors (Lipinski definition) is 15. The molecule has 0 aromatic carbocycles. The number of rotatable bonds is 36. The van der Waals surface area contributed by atoms with Crippen molar-refractivity contribution in [1.29, 1.82) is 0 Å². The Labute approximate surface area is 382 Å². The van der Waals surface area contributed by atoms with Crippen LogP contribution in [0.25, 0.3) is 0 Å². The fraction of sp³-hybridized carbons (Fsp3) is 0.796. The molecule has 2 heterocycles. The standard InChI is InChI=1S/C49H84O15/c1-3-5-7-9-11-12-13-14-15-16-17-18-19-20-21-22-23-24-26-27-29-31-40(51)59-34-37(62-41(52)32-30-28-25-10-8-6-4-2)35-60-48-47(58)45(56)43(54)39(64-48)36-61-49-46(57)44(55)42(53)38(33-50)63-49/h15-16,18-19,21-22,24,26,37-39,42-50,53-58H,3-14,17,20,23,25,27-36H2,1-2H3/b16-15+,19-18+,22-21+,26-24+/t37-,38+,39+,42-,43-,44?,45?,46?,47?,48+,49+/m0/s1. The van der Waals surface area contributed by atoms with Crippen LogP contribution >= 0.6 is 0 Å². The molecule has 2 saturated heterocycles. The van der Waals surface area contributed by atoms with Crippen molar-refractivity contribution in [1.82, 2.24) is 0 Å². The van der Waals surface area contributed by atoms with Gasteiger partial charge in [-0.25, -0.2) is 0 Å². The number of carbonyl (C=O) groups is 2. The third kappa shape index (κ3) is 24.8. The molecular formula is C49H84O15. The first-order valence-corrected chi connectivity index (χ1v) is 24.2. The number of carbonyl (C=O) groups excluding carboxylic acids is 2. The first-order valence-electron chi connectivity index (χ1n) is 24.2.